The number of hydrogen-bond donors (Lipinski definition) is 2. The van der Waals surface area contributed by atoms with E-state index < -0.39 is 23.8 Å². The number of nitrogens with zero attached hydrogens (tertiary/aromatic N) is 2. The lowest BCUT2D eigenvalue weighted by molar-refractivity contribution is -0.139. The van der Waals surface area contributed by atoms with E-state index in [1.54, 1.807) is 0 Å². The number of aryl methyl sites for hydroxylation is 1. The zero-order valence-corrected chi connectivity index (χ0v) is 25.1. The van der Waals surface area contributed by atoms with Crippen LogP contribution in [0.1, 0.15) is 61.8 Å². The molecule has 3 N–H and O–H groups in total. The summed E-state index contributed by atoms with van der Waals surface area (Å²) in [4.78, 5) is 30.5. The summed E-state index contributed by atoms with van der Waals surface area (Å²) < 4.78 is 27.4. The van der Waals surface area contributed by atoms with Gasteiger partial charge >= 0.3 is 0 Å². The number of nitrogens with two attached hydrogens (primary N) is 1. The maximum atomic E-state index is 13.7. The van der Waals surface area contributed by atoms with Gasteiger partial charge in [-0.2, -0.15) is 0 Å². The van der Waals surface area contributed by atoms with Crippen molar-refractivity contribution >= 4 is 11.8 Å². The standard InChI is InChI=1S/C35H43F2N3O3/c1-3-25-10-7-11-27(16-25)21-39(23-33(41)32(38)19-28-17-30(36)20-31(37)18-28)34(42)14-15-35(43)40(24(2)29-12-13-29)22-26-8-5-4-6-9-26/h4-11,16-18,20,24,29,32-33,41H,3,12-15,19,21-23,38H2,1-2H3/t24?,32-,33+/m0/s1. The van der Waals surface area contributed by atoms with Crippen LogP contribution in [-0.2, 0) is 35.5 Å². The topological polar surface area (TPSA) is 86.9 Å². The highest BCUT2D eigenvalue weighted by molar-refractivity contribution is 5.84. The number of benzene rings is 3. The third-order valence-corrected chi connectivity index (χ3v) is 8.29. The van der Waals surface area contributed by atoms with E-state index in [4.69, 9.17) is 5.73 Å². The largest absolute Gasteiger partial charge is 0.390 e. The van der Waals surface area contributed by atoms with Crippen molar-refractivity contribution in [1.82, 2.24) is 9.80 Å². The quantitative estimate of drug-likeness (QED) is 0.248. The van der Waals surface area contributed by atoms with Gasteiger partial charge in [0.2, 0.25) is 11.8 Å². The van der Waals surface area contributed by atoms with Crippen molar-refractivity contribution in [3.8, 4) is 0 Å². The minimum Gasteiger partial charge on any atom is -0.390 e. The summed E-state index contributed by atoms with van der Waals surface area (Å²) in [6.07, 6.45) is 1.97. The molecule has 0 heterocycles. The van der Waals surface area contributed by atoms with Crippen molar-refractivity contribution < 1.29 is 23.5 Å². The summed E-state index contributed by atoms with van der Waals surface area (Å²) in [6.45, 7) is 4.79. The molecule has 4 rings (SSSR count). The van der Waals surface area contributed by atoms with Crippen molar-refractivity contribution in [2.45, 2.75) is 83.6 Å². The van der Waals surface area contributed by atoms with Crippen LogP contribution in [0.4, 0.5) is 8.78 Å². The molecule has 3 aromatic carbocycles. The Kier molecular flexibility index (Phi) is 11.4. The molecule has 1 aliphatic carbocycles. The van der Waals surface area contributed by atoms with Crippen LogP contribution < -0.4 is 5.73 Å². The van der Waals surface area contributed by atoms with Crippen LogP contribution in [-0.4, -0.2) is 51.5 Å². The van der Waals surface area contributed by atoms with Crippen molar-refractivity contribution in [1.29, 1.82) is 0 Å². The SMILES string of the molecule is CCc1cccc(CN(C[C@@H](O)[C@@H](N)Cc2cc(F)cc(F)c2)C(=O)CCC(=O)N(Cc2ccccc2)C(C)C2CC2)c1. The lowest BCUT2D eigenvalue weighted by atomic mass is 10.0. The van der Waals surface area contributed by atoms with E-state index in [9.17, 15) is 23.5 Å². The molecular formula is C35H43F2N3O3. The average Bonchev–Trinajstić information content (AvgIpc) is 3.84. The van der Waals surface area contributed by atoms with Crippen molar-refractivity contribution in [3.63, 3.8) is 0 Å². The van der Waals surface area contributed by atoms with E-state index >= 15 is 0 Å². The van der Waals surface area contributed by atoms with Crippen molar-refractivity contribution in [3.05, 3.63) is 107 Å². The number of amides is 2. The number of halogens is 2. The number of aliphatic hydroxyl groups is 1. The molecule has 1 aliphatic rings. The summed E-state index contributed by atoms with van der Waals surface area (Å²) in [6, 6.07) is 20.1. The number of hydrogen-bond acceptors (Lipinski definition) is 4. The Bertz CT molecular complexity index is 1350. The average molecular weight is 592 g/mol. The van der Waals surface area contributed by atoms with Crippen LogP contribution in [0.25, 0.3) is 0 Å². The zero-order chi connectivity index (χ0) is 30.9. The Balaban J connectivity index is 1.45. The molecule has 1 fully saturated rings. The van der Waals surface area contributed by atoms with E-state index in [2.05, 4.69) is 13.8 Å². The predicted octanol–water partition coefficient (Wildman–Crippen LogP) is 5.39. The molecule has 8 heteroatoms. The Morgan fingerprint density at radius 3 is 2.14 bits per heavy atom. The lowest BCUT2D eigenvalue weighted by Gasteiger charge is -2.31. The van der Waals surface area contributed by atoms with Gasteiger partial charge in [0.25, 0.3) is 0 Å². The van der Waals surface area contributed by atoms with E-state index in [1.165, 1.54) is 17.0 Å². The number of carbonyl (C=O) groups excluding carboxylic acids is 2. The van der Waals surface area contributed by atoms with Crippen LogP contribution >= 0.6 is 0 Å². The molecule has 0 spiro atoms. The highest BCUT2D eigenvalue weighted by Gasteiger charge is 2.34. The summed E-state index contributed by atoms with van der Waals surface area (Å²) in [7, 11) is 0. The van der Waals surface area contributed by atoms with Gasteiger partial charge in [-0.1, -0.05) is 61.5 Å². The van der Waals surface area contributed by atoms with Crippen LogP contribution in [0.3, 0.4) is 0 Å². The summed E-state index contributed by atoms with van der Waals surface area (Å²) in [5, 5.41) is 11.0. The molecule has 1 saturated carbocycles. The van der Waals surface area contributed by atoms with Gasteiger partial charge in [0.15, 0.2) is 0 Å². The fraction of sp³-hybridized carbons (Fsp3) is 0.429. The van der Waals surface area contributed by atoms with Crippen molar-refractivity contribution in [2.24, 2.45) is 11.7 Å². The minimum atomic E-state index is -1.15. The molecule has 0 aliphatic heterocycles. The molecular weight excluding hydrogens is 548 g/mol. The Morgan fingerprint density at radius 1 is 0.860 bits per heavy atom. The number of rotatable bonds is 15. The van der Waals surface area contributed by atoms with Crippen molar-refractivity contribution in [2.75, 3.05) is 6.54 Å². The first-order chi connectivity index (χ1) is 20.6. The van der Waals surface area contributed by atoms with E-state index in [1.807, 2.05) is 59.5 Å². The predicted molar refractivity (Wildman–Crippen MR) is 164 cm³/mol. The van der Waals surface area contributed by atoms with E-state index in [0.717, 1.165) is 42.0 Å². The van der Waals surface area contributed by atoms with Crippen LogP contribution in [0.5, 0.6) is 0 Å². The first-order valence-electron chi connectivity index (χ1n) is 15.2. The smallest absolute Gasteiger partial charge is 0.223 e. The second kappa shape index (κ2) is 15.2. The summed E-state index contributed by atoms with van der Waals surface area (Å²) in [5.74, 6) is -1.29. The molecule has 0 bridgehead atoms. The Labute approximate surface area is 253 Å². The number of aliphatic hydroxyl groups excluding tert-OH is 1. The molecule has 0 aromatic heterocycles. The van der Waals surface area contributed by atoms with Gasteiger partial charge < -0.3 is 20.6 Å². The highest BCUT2D eigenvalue weighted by atomic mass is 19.1. The fourth-order valence-corrected chi connectivity index (χ4v) is 5.51. The maximum absolute atomic E-state index is 13.7. The van der Waals surface area contributed by atoms with Gasteiger partial charge in [-0.15, -0.1) is 0 Å². The molecule has 3 aromatic rings. The molecule has 43 heavy (non-hydrogen) atoms. The van der Waals surface area contributed by atoms with E-state index in [0.29, 0.717) is 18.0 Å². The van der Waals surface area contributed by atoms with Gasteiger partial charge in [-0.05, 0) is 72.9 Å². The Morgan fingerprint density at radius 2 is 1.49 bits per heavy atom. The highest BCUT2D eigenvalue weighted by Crippen LogP contribution is 2.36. The molecule has 1 unspecified atom stereocenters. The molecule has 0 saturated heterocycles. The van der Waals surface area contributed by atoms with Gasteiger partial charge in [-0.3, -0.25) is 9.59 Å². The monoisotopic (exact) mass is 591 g/mol. The van der Waals surface area contributed by atoms with Gasteiger partial charge in [-0.25, -0.2) is 8.78 Å². The summed E-state index contributed by atoms with van der Waals surface area (Å²) in [5.41, 5.74) is 9.64. The van der Waals surface area contributed by atoms with Crippen LogP contribution in [0.15, 0.2) is 72.8 Å². The first kappa shape index (κ1) is 32.3. The van der Waals surface area contributed by atoms with Crippen LogP contribution in [0, 0.1) is 17.6 Å². The number of carbonyl (C=O) groups is 2. The summed E-state index contributed by atoms with van der Waals surface area (Å²) >= 11 is 0. The molecule has 3 atom stereocenters. The fourth-order valence-electron chi connectivity index (χ4n) is 5.51. The molecule has 230 valence electrons. The second-order valence-electron chi connectivity index (χ2n) is 11.7. The minimum absolute atomic E-state index is 0.00789. The van der Waals surface area contributed by atoms with E-state index in [-0.39, 0.29) is 50.2 Å². The molecule has 6 nitrogen and oxygen atoms in total. The van der Waals surface area contributed by atoms with Gasteiger partial charge in [0, 0.05) is 50.6 Å². The lowest BCUT2D eigenvalue weighted by Crippen LogP contribution is -2.46. The normalized spacial score (nSPS) is 15.0. The third kappa shape index (κ3) is 9.70. The van der Waals surface area contributed by atoms with Crippen LogP contribution in [0.2, 0.25) is 0 Å². The second-order valence-corrected chi connectivity index (χ2v) is 11.7. The molecule has 0 radical (unpaired) electrons. The van der Waals surface area contributed by atoms with Gasteiger partial charge in [0.1, 0.15) is 11.6 Å². The maximum Gasteiger partial charge on any atom is 0.223 e. The molecule has 2 amide bonds. The Hall–Kier alpha value is -3.62. The van der Waals surface area contributed by atoms with Gasteiger partial charge in [0.05, 0.1) is 6.10 Å². The first-order valence-corrected chi connectivity index (χ1v) is 15.2. The zero-order valence-electron chi connectivity index (χ0n) is 25.1. The third-order valence-electron chi connectivity index (χ3n) is 8.29.